The third-order valence-electron chi connectivity index (χ3n) is 6.45. The topological polar surface area (TPSA) is 89.0 Å². The van der Waals surface area contributed by atoms with E-state index in [1.807, 2.05) is 0 Å². The van der Waals surface area contributed by atoms with Crippen molar-refractivity contribution in [1.82, 2.24) is 25.6 Å². The highest BCUT2D eigenvalue weighted by molar-refractivity contribution is 5.76. The van der Waals surface area contributed by atoms with Crippen molar-refractivity contribution in [1.29, 1.82) is 0 Å². The minimum absolute atomic E-state index is 0.0409. The summed E-state index contributed by atoms with van der Waals surface area (Å²) in [4.78, 5) is 23.8. The molecule has 0 amide bonds. The predicted molar refractivity (Wildman–Crippen MR) is 146 cm³/mol. The van der Waals surface area contributed by atoms with Crippen molar-refractivity contribution in [3.05, 3.63) is 113 Å². The fraction of sp³-hybridized carbons (Fsp3) is 0.267. The van der Waals surface area contributed by atoms with Gasteiger partial charge in [-0.25, -0.2) is 9.78 Å². The summed E-state index contributed by atoms with van der Waals surface area (Å²) >= 11 is 0. The van der Waals surface area contributed by atoms with Crippen molar-refractivity contribution in [2.75, 3.05) is 19.6 Å². The number of rotatable bonds is 11. The van der Waals surface area contributed by atoms with E-state index in [2.05, 4.69) is 30.3 Å². The van der Waals surface area contributed by atoms with Crippen molar-refractivity contribution < 1.29 is 49.0 Å². The molecule has 3 aromatic heterocycles. The molecule has 16 heteroatoms. The first kappa shape index (κ1) is 34.3. The van der Waals surface area contributed by atoms with Gasteiger partial charge < -0.3 is 15.4 Å². The molecule has 4 rings (SSSR count). The largest absolute Gasteiger partial charge is 0.490 e. The zero-order chi connectivity index (χ0) is 33.5. The van der Waals surface area contributed by atoms with Gasteiger partial charge in [-0.3, -0.25) is 9.97 Å². The average molecular weight is 658 g/mol. The number of carbonyl (C=O) groups excluding carboxylic acids is 1. The first-order valence-electron chi connectivity index (χ1n) is 13.4. The van der Waals surface area contributed by atoms with Gasteiger partial charge in [0.05, 0.1) is 28.7 Å². The lowest BCUT2D eigenvalue weighted by Crippen LogP contribution is -2.35. The van der Waals surface area contributed by atoms with Crippen LogP contribution in [-0.4, -0.2) is 46.7 Å². The van der Waals surface area contributed by atoms with Crippen molar-refractivity contribution in [2.45, 2.75) is 30.7 Å². The molecule has 3 heterocycles. The van der Waals surface area contributed by atoms with Crippen LogP contribution in [0, 0.1) is 0 Å². The highest BCUT2D eigenvalue weighted by Gasteiger charge is 2.43. The number of benzene rings is 1. The zero-order valence-corrected chi connectivity index (χ0v) is 23.4. The Bertz CT molecular complexity index is 1540. The van der Waals surface area contributed by atoms with Crippen LogP contribution in [0.3, 0.4) is 0 Å². The van der Waals surface area contributed by atoms with Gasteiger partial charge in [0.2, 0.25) is 0 Å². The van der Waals surface area contributed by atoms with Crippen LogP contribution in [-0.2, 0) is 21.9 Å². The molecular weight excluding hydrogens is 633 g/mol. The molecule has 7 nitrogen and oxygen atoms in total. The summed E-state index contributed by atoms with van der Waals surface area (Å²) in [7, 11) is 0. The summed E-state index contributed by atoms with van der Waals surface area (Å²) in [6.45, 7) is -0.354. The number of carbonyl (C=O) groups is 1. The molecule has 0 aliphatic carbocycles. The van der Waals surface area contributed by atoms with Crippen LogP contribution in [0.15, 0.2) is 85.2 Å². The molecule has 2 N–H and O–H groups in total. The molecule has 0 aliphatic rings. The third kappa shape index (κ3) is 9.23. The molecule has 1 aromatic carbocycles. The average Bonchev–Trinajstić information content (AvgIpc) is 3.01. The Kier molecular flexibility index (Phi) is 10.6. The monoisotopic (exact) mass is 657 g/mol. The fourth-order valence-corrected chi connectivity index (χ4v) is 4.28. The zero-order valence-electron chi connectivity index (χ0n) is 23.4. The lowest BCUT2D eigenvalue weighted by Gasteiger charge is -2.22. The van der Waals surface area contributed by atoms with Gasteiger partial charge in [0, 0.05) is 37.6 Å². The van der Waals surface area contributed by atoms with E-state index in [1.54, 1.807) is 48.8 Å². The van der Waals surface area contributed by atoms with E-state index in [9.17, 15) is 44.3 Å². The van der Waals surface area contributed by atoms with Gasteiger partial charge >= 0.3 is 24.5 Å². The van der Waals surface area contributed by atoms with Gasteiger partial charge in [-0.1, -0.05) is 24.3 Å². The van der Waals surface area contributed by atoms with Crippen LogP contribution in [0.25, 0.3) is 11.3 Å². The number of alkyl halides is 9. The molecule has 1 atom stereocenters. The molecule has 0 saturated heterocycles. The molecule has 4 aromatic rings. The van der Waals surface area contributed by atoms with Gasteiger partial charge in [0.1, 0.15) is 11.8 Å². The Morgan fingerprint density at radius 3 is 1.87 bits per heavy atom. The second-order valence-electron chi connectivity index (χ2n) is 9.74. The Morgan fingerprint density at radius 1 is 0.761 bits per heavy atom. The molecule has 46 heavy (non-hydrogen) atoms. The van der Waals surface area contributed by atoms with Crippen molar-refractivity contribution in [3.8, 4) is 11.3 Å². The number of esters is 1. The van der Waals surface area contributed by atoms with Crippen LogP contribution < -0.4 is 10.6 Å². The summed E-state index contributed by atoms with van der Waals surface area (Å²) < 4.78 is 124. The second kappa shape index (κ2) is 14.2. The Morgan fingerprint density at radius 2 is 1.37 bits per heavy atom. The minimum Gasteiger partial charge on any atom is -0.449 e. The van der Waals surface area contributed by atoms with Crippen LogP contribution in [0.2, 0.25) is 0 Å². The van der Waals surface area contributed by atoms with E-state index in [0.29, 0.717) is 29.6 Å². The van der Waals surface area contributed by atoms with Gasteiger partial charge in [0.25, 0.3) is 0 Å². The molecule has 0 bridgehead atoms. The van der Waals surface area contributed by atoms with Crippen LogP contribution in [0.5, 0.6) is 0 Å². The first-order chi connectivity index (χ1) is 21.6. The molecule has 0 fully saturated rings. The van der Waals surface area contributed by atoms with Crippen molar-refractivity contribution in [3.63, 3.8) is 0 Å². The number of halogens is 9. The number of hydrogen-bond acceptors (Lipinski definition) is 7. The normalized spacial score (nSPS) is 13.1. The third-order valence-corrected chi connectivity index (χ3v) is 6.45. The Labute approximate surface area is 255 Å². The lowest BCUT2D eigenvalue weighted by atomic mass is 10.0. The molecule has 0 radical (unpaired) electrons. The SMILES string of the molecule is O=C(O[C@H](CNCCNC(c1ccccn1)c1ccccn1)c1cc(-c2ccc(C(F)(F)F)cc2)nc(C(F)(F)F)c1)C(F)(F)F. The Balaban J connectivity index is 1.57. The number of hydrogen-bond donors (Lipinski definition) is 2. The summed E-state index contributed by atoms with van der Waals surface area (Å²) in [5.74, 6) is -2.65. The number of ether oxygens (including phenoxy) is 1. The van der Waals surface area contributed by atoms with E-state index < -0.39 is 65.7 Å². The number of nitrogens with zero attached hydrogens (tertiary/aromatic N) is 3. The smallest absolute Gasteiger partial charge is 0.449 e. The van der Waals surface area contributed by atoms with Crippen LogP contribution in [0.4, 0.5) is 39.5 Å². The standard InChI is InChI=1S/C30H24F9N5O2/c31-28(32,33)20-9-7-18(8-10-20)23-15-19(16-25(44-23)29(34,35)36)24(46-27(45)30(37,38)39)17-40-13-14-43-26(21-5-1-3-11-41-21)22-6-2-4-12-42-22/h1-12,15-16,24,26,40,43H,13-14,17H2/t24-/m1/s1. The maximum Gasteiger partial charge on any atom is 0.490 e. The number of aromatic nitrogens is 3. The van der Waals surface area contributed by atoms with Gasteiger partial charge in [-0.15, -0.1) is 0 Å². The van der Waals surface area contributed by atoms with Crippen LogP contribution >= 0.6 is 0 Å². The highest BCUT2D eigenvalue weighted by atomic mass is 19.4. The van der Waals surface area contributed by atoms with E-state index in [4.69, 9.17) is 0 Å². The number of pyridine rings is 3. The maximum atomic E-state index is 13.8. The predicted octanol–water partition coefficient (Wildman–Crippen LogP) is 6.69. The number of nitrogens with one attached hydrogen (secondary N) is 2. The molecular formula is C30H24F9N5O2. The molecule has 0 saturated carbocycles. The summed E-state index contributed by atoms with van der Waals surface area (Å²) in [6.07, 6.45) is -14.0. The second-order valence-corrected chi connectivity index (χ2v) is 9.74. The minimum atomic E-state index is -5.46. The summed E-state index contributed by atoms with van der Waals surface area (Å²) in [6, 6.07) is 14.3. The summed E-state index contributed by atoms with van der Waals surface area (Å²) in [5.41, 5.74) is -2.60. The quantitative estimate of drug-likeness (QED) is 0.106. The van der Waals surface area contributed by atoms with Crippen molar-refractivity contribution in [2.24, 2.45) is 0 Å². The molecule has 0 aliphatic heterocycles. The summed E-state index contributed by atoms with van der Waals surface area (Å²) in [5, 5.41) is 5.96. The van der Waals surface area contributed by atoms with Gasteiger partial charge in [-0.2, -0.15) is 39.5 Å². The molecule has 0 unspecified atom stereocenters. The molecule has 0 spiro atoms. The van der Waals surface area contributed by atoms with E-state index >= 15 is 0 Å². The first-order valence-corrected chi connectivity index (χ1v) is 13.4. The van der Waals surface area contributed by atoms with Gasteiger partial charge in [0.15, 0.2) is 0 Å². The highest BCUT2D eigenvalue weighted by Crippen LogP contribution is 2.35. The van der Waals surface area contributed by atoms with Gasteiger partial charge in [-0.05, 0) is 54.1 Å². The Hall–Kier alpha value is -4.57. The van der Waals surface area contributed by atoms with E-state index in [1.165, 1.54) is 0 Å². The fourth-order valence-electron chi connectivity index (χ4n) is 4.28. The van der Waals surface area contributed by atoms with Crippen LogP contribution in [0.1, 0.15) is 40.4 Å². The lowest BCUT2D eigenvalue weighted by molar-refractivity contribution is -0.205. The van der Waals surface area contributed by atoms with E-state index in [0.717, 1.165) is 18.2 Å². The maximum absolute atomic E-state index is 13.8. The van der Waals surface area contributed by atoms with Crippen molar-refractivity contribution >= 4 is 5.97 Å². The van der Waals surface area contributed by atoms with E-state index in [-0.39, 0.29) is 18.7 Å². The molecule has 244 valence electrons.